The van der Waals surface area contributed by atoms with E-state index in [0.717, 1.165) is 12.1 Å². The number of carbonyl (C=O) groups is 1. The normalized spacial score (nSPS) is 13.8. The van der Waals surface area contributed by atoms with Crippen LogP contribution in [0.5, 0.6) is 5.75 Å². The molecule has 1 heterocycles. The summed E-state index contributed by atoms with van der Waals surface area (Å²) in [6, 6.07) is 4.96. The maximum Gasteiger partial charge on any atom is 0.418 e. The van der Waals surface area contributed by atoms with Crippen molar-refractivity contribution in [2.45, 2.75) is 70.3 Å². The predicted molar refractivity (Wildman–Crippen MR) is 127 cm³/mol. The summed E-state index contributed by atoms with van der Waals surface area (Å²) < 4.78 is 66.4. The van der Waals surface area contributed by atoms with Gasteiger partial charge < -0.3 is 14.6 Å². The first-order chi connectivity index (χ1) is 16.5. The second kappa shape index (κ2) is 10.7. The Morgan fingerprint density at radius 2 is 1.81 bits per heavy atom. The molecule has 1 atom stereocenters. The number of aromatic nitrogens is 1. The number of hydrogen-bond acceptors (Lipinski definition) is 5. The number of hydrogen-bond donors (Lipinski definition) is 2. The molecule has 6 nitrogen and oxygen atoms in total. The summed E-state index contributed by atoms with van der Waals surface area (Å²) in [5, 5.41) is 13.2. The van der Waals surface area contributed by atoms with Crippen LogP contribution in [0.15, 0.2) is 36.7 Å². The first-order valence-electron chi connectivity index (χ1n) is 11.0. The zero-order valence-corrected chi connectivity index (χ0v) is 21.0. The van der Waals surface area contributed by atoms with Crippen LogP contribution in [0.1, 0.15) is 58.6 Å². The van der Waals surface area contributed by atoms with Gasteiger partial charge in [0.05, 0.1) is 24.6 Å². The smallest absolute Gasteiger partial charge is 0.418 e. The van der Waals surface area contributed by atoms with Gasteiger partial charge in [-0.05, 0) is 56.9 Å². The molecule has 196 valence electrons. The summed E-state index contributed by atoms with van der Waals surface area (Å²) in [7, 11) is 1.33. The molecule has 10 heteroatoms. The molecule has 0 bridgehead atoms. The minimum absolute atomic E-state index is 0.139. The number of benzene rings is 1. The van der Waals surface area contributed by atoms with Crippen LogP contribution in [0, 0.1) is 17.7 Å². The van der Waals surface area contributed by atoms with Crippen molar-refractivity contribution in [2.75, 3.05) is 12.4 Å². The van der Waals surface area contributed by atoms with Gasteiger partial charge in [0.1, 0.15) is 17.2 Å². The summed E-state index contributed by atoms with van der Waals surface area (Å²) >= 11 is 0. The molecule has 1 aromatic carbocycles. The van der Waals surface area contributed by atoms with Crippen LogP contribution in [0.2, 0.25) is 0 Å². The second-order valence-corrected chi connectivity index (χ2v) is 9.96. The number of carbonyl (C=O) groups excluding carboxylic acids is 1. The van der Waals surface area contributed by atoms with Gasteiger partial charge in [0.2, 0.25) is 0 Å². The van der Waals surface area contributed by atoms with E-state index in [4.69, 9.17) is 9.47 Å². The average Bonchev–Trinajstić information content (AvgIpc) is 2.72. The van der Waals surface area contributed by atoms with Crippen molar-refractivity contribution in [1.82, 2.24) is 4.98 Å². The number of ether oxygens (including phenoxy) is 2. The average molecular weight is 511 g/mol. The van der Waals surface area contributed by atoms with Crippen molar-refractivity contribution >= 4 is 11.8 Å². The second-order valence-electron chi connectivity index (χ2n) is 9.96. The van der Waals surface area contributed by atoms with Crippen molar-refractivity contribution in [2.24, 2.45) is 0 Å². The Bertz CT molecular complexity index is 1150. The molecular formula is C26H30F4N2O4. The van der Waals surface area contributed by atoms with Gasteiger partial charge in [0, 0.05) is 18.2 Å². The van der Waals surface area contributed by atoms with E-state index in [1.165, 1.54) is 45.5 Å². The van der Waals surface area contributed by atoms with Crippen LogP contribution in [0.4, 0.5) is 28.0 Å². The maximum absolute atomic E-state index is 14.0. The number of amides is 1. The third-order valence-corrected chi connectivity index (χ3v) is 5.21. The highest BCUT2D eigenvalue weighted by atomic mass is 19.4. The Morgan fingerprint density at radius 1 is 1.14 bits per heavy atom. The zero-order valence-electron chi connectivity index (χ0n) is 21.0. The fourth-order valence-corrected chi connectivity index (χ4v) is 3.60. The molecule has 1 aromatic heterocycles. The Balaban J connectivity index is 2.34. The lowest BCUT2D eigenvalue weighted by molar-refractivity contribution is -0.264. The van der Waals surface area contributed by atoms with Crippen LogP contribution in [0.3, 0.4) is 0 Å². The number of methoxy groups -OCH3 is 1. The number of halogens is 4. The molecule has 1 amide bonds. The van der Waals surface area contributed by atoms with E-state index in [1.54, 1.807) is 20.8 Å². The lowest BCUT2D eigenvalue weighted by Gasteiger charge is -2.37. The molecule has 1 unspecified atom stereocenters. The molecule has 0 radical (unpaired) electrons. The van der Waals surface area contributed by atoms with Crippen molar-refractivity contribution < 1.29 is 36.9 Å². The molecule has 0 aliphatic carbocycles. The van der Waals surface area contributed by atoms with Crippen molar-refractivity contribution in [3.63, 3.8) is 0 Å². The van der Waals surface area contributed by atoms with E-state index in [1.807, 2.05) is 0 Å². The lowest BCUT2D eigenvalue weighted by atomic mass is 9.73. The molecule has 2 rings (SSSR count). The quantitative estimate of drug-likeness (QED) is 0.369. The number of aliphatic hydroxyl groups is 1. The summed E-state index contributed by atoms with van der Waals surface area (Å²) in [6.07, 6.45) is -4.95. The molecular weight excluding hydrogens is 480 g/mol. The Kier molecular flexibility index (Phi) is 8.63. The SMILES string of the molecule is COc1ccc(F)cc1C(C)(C)CC(O)(CC#Cc1ccncc1NC(=O)OC(C)(C)C)C(F)(F)F. The van der Waals surface area contributed by atoms with Crippen LogP contribution in [-0.4, -0.2) is 40.7 Å². The fourth-order valence-electron chi connectivity index (χ4n) is 3.60. The van der Waals surface area contributed by atoms with Gasteiger partial charge in [0.15, 0.2) is 5.60 Å². The molecule has 0 saturated heterocycles. The number of pyridine rings is 1. The molecule has 0 aliphatic rings. The molecule has 0 spiro atoms. The third kappa shape index (κ3) is 7.59. The fraction of sp³-hybridized carbons (Fsp3) is 0.462. The molecule has 0 saturated carbocycles. The van der Waals surface area contributed by atoms with E-state index in [9.17, 15) is 27.5 Å². The third-order valence-electron chi connectivity index (χ3n) is 5.21. The highest BCUT2D eigenvalue weighted by Crippen LogP contribution is 2.45. The van der Waals surface area contributed by atoms with Gasteiger partial charge in [-0.25, -0.2) is 9.18 Å². The van der Waals surface area contributed by atoms with Crippen molar-refractivity contribution in [1.29, 1.82) is 0 Å². The monoisotopic (exact) mass is 510 g/mol. The lowest BCUT2D eigenvalue weighted by Crippen LogP contribution is -2.49. The van der Waals surface area contributed by atoms with E-state index in [-0.39, 0.29) is 22.6 Å². The highest BCUT2D eigenvalue weighted by Gasteiger charge is 2.55. The van der Waals surface area contributed by atoms with Crippen LogP contribution in [0.25, 0.3) is 0 Å². The Hall–Kier alpha value is -3.32. The first-order valence-corrected chi connectivity index (χ1v) is 11.0. The predicted octanol–water partition coefficient (Wildman–Crippen LogP) is 5.98. The Labute approximate surface area is 208 Å². The minimum Gasteiger partial charge on any atom is -0.496 e. The van der Waals surface area contributed by atoms with E-state index >= 15 is 0 Å². The van der Waals surface area contributed by atoms with Gasteiger partial charge in [0.25, 0.3) is 0 Å². The summed E-state index contributed by atoms with van der Waals surface area (Å²) in [6.45, 7) is 7.95. The van der Waals surface area contributed by atoms with Crippen LogP contribution in [-0.2, 0) is 10.2 Å². The molecule has 0 fully saturated rings. The van der Waals surface area contributed by atoms with Crippen molar-refractivity contribution in [3.8, 4) is 17.6 Å². The van der Waals surface area contributed by atoms with Crippen LogP contribution < -0.4 is 10.1 Å². The standard InChI is InChI=1S/C26H30F4N2O4/c1-23(2,3)36-22(33)32-20-15-31-13-11-17(20)8-7-12-25(34,26(28,29)30)16-24(4,5)19-14-18(27)9-10-21(19)35-6/h9-11,13-15,34H,12,16H2,1-6H3,(H,32,33). The van der Waals surface area contributed by atoms with Crippen LogP contribution >= 0.6 is 0 Å². The highest BCUT2D eigenvalue weighted by molar-refractivity contribution is 5.86. The number of rotatable bonds is 6. The van der Waals surface area contributed by atoms with E-state index < -0.39 is 47.5 Å². The molecule has 0 aliphatic heterocycles. The van der Waals surface area contributed by atoms with Gasteiger partial charge in [-0.15, -0.1) is 0 Å². The van der Waals surface area contributed by atoms with E-state index in [0.29, 0.717) is 0 Å². The summed E-state index contributed by atoms with van der Waals surface area (Å²) in [5.74, 6) is 4.50. The van der Waals surface area contributed by atoms with Gasteiger partial charge in [-0.3, -0.25) is 10.3 Å². The van der Waals surface area contributed by atoms with Gasteiger partial charge in [-0.2, -0.15) is 13.2 Å². The molecule has 2 aromatic rings. The summed E-state index contributed by atoms with van der Waals surface area (Å²) in [5.41, 5.74) is -4.81. The number of nitrogens with one attached hydrogen (secondary N) is 1. The number of anilines is 1. The minimum atomic E-state index is -5.03. The first kappa shape index (κ1) is 28.9. The maximum atomic E-state index is 14.0. The molecule has 36 heavy (non-hydrogen) atoms. The van der Waals surface area contributed by atoms with Crippen molar-refractivity contribution in [3.05, 3.63) is 53.6 Å². The zero-order chi connectivity index (χ0) is 27.4. The van der Waals surface area contributed by atoms with E-state index in [2.05, 4.69) is 22.1 Å². The number of alkyl halides is 3. The molecule has 2 N–H and O–H groups in total. The number of nitrogens with zero attached hydrogens (tertiary/aromatic N) is 1. The largest absolute Gasteiger partial charge is 0.496 e. The topological polar surface area (TPSA) is 80.7 Å². The van der Waals surface area contributed by atoms with Gasteiger partial charge in [-0.1, -0.05) is 25.7 Å². The Morgan fingerprint density at radius 3 is 2.39 bits per heavy atom. The van der Waals surface area contributed by atoms with Gasteiger partial charge >= 0.3 is 12.3 Å². The summed E-state index contributed by atoms with van der Waals surface area (Å²) in [4.78, 5) is 16.0.